The topological polar surface area (TPSA) is 17.8 Å². The van der Waals surface area contributed by atoms with Gasteiger partial charge in [0.15, 0.2) is 0 Å². The van der Waals surface area contributed by atoms with E-state index in [1.54, 1.807) is 0 Å². The summed E-state index contributed by atoms with van der Waals surface area (Å²) < 4.78 is 1.92. The van der Waals surface area contributed by atoms with E-state index in [0.717, 1.165) is 22.5 Å². The molecule has 2 nitrogen and oxygen atoms in total. The van der Waals surface area contributed by atoms with Crippen LogP contribution in [0.4, 0.5) is 0 Å². The summed E-state index contributed by atoms with van der Waals surface area (Å²) in [6.45, 7) is 4.30. The fourth-order valence-corrected chi connectivity index (χ4v) is 3.27. The standard InChI is InChI=1S/C23H19N2.Ir/c1-17-9-8-10-18(2)23(17)20-13-6-7-14-22(20)25-16-15-21(24-25)19-11-4-3-5-12-19;/h3-13,15-16H,1-2H3;/q-1;. The zero-order chi connectivity index (χ0) is 17.2. The van der Waals surface area contributed by atoms with Crippen LogP contribution in [0.2, 0.25) is 0 Å². The van der Waals surface area contributed by atoms with E-state index in [9.17, 15) is 0 Å². The Morgan fingerprint density at radius 2 is 1.54 bits per heavy atom. The molecule has 0 bridgehead atoms. The number of rotatable bonds is 3. The number of hydrogen-bond acceptors (Lipinski definition) is 1. The SMILES string of the molecule is Cc1cccc(C)c1-c1ccc[c-]c1-n1ccc(-c2ccccc2)n1.[Ir]. The number of para-hydroxylation sites is 1. The molecule has 26 heavy (non-hydrogen) atoms. The molecule has 1 aromatic heterocycles. The smallest absolute Gasteiger partial charge is 0.0926 e. The molecule has 3 heteroatoms. The Hall–Kier alpha value is -2.48. The Morgan fingerprint density at radius 1 is 0.808 bits per heavy atom. The summed E-state index contributed by atoms with van der Waals surface area (Å²) in [5.74, 6) is 0. The number of hydrogen-bond donors (Lipinski definition) is 0. The van der Waals surface area contributed by atoms with Gasteiger partial charge in [-0.2, -0.15) is 29.4 Å². The predicted octanol–water partition coefficient (Wildman–Crippen LogP) is 5.62. The number of nitrogens with zero attached hydrogens (tertiary/aromatic N) is 2. The van der Waals surface area contributed by atoms with Crippen LogP contribution < -0.4 is 0 Å². The quantitative estimate of drug-likeness (QED) is 0.324. The molecule has 0 saturated carbocycles. The van der Waals surface area contributed by atoms with Crippen LogP contribution in [0.15, 0.2) is 79.0 Å². The van der Waals surface area contributed by atoms with Crippen LogP contribution in [-0.4, -0.2) is 9.78 Å². The van der Waals surface area contributed by atoms with Gasteiger partial charge in [-0.05, 0) is 25.6 Å². The van der Waals surface area contributed by atoms with Gasteiger partial charge in [0.25, 0.3) is 0 Å². The van der Waals surface area contributed by atoms with Gasteiger partial charge in [-0.25, -0.2) is 0 Å². The van der Waals surface area contributed by atoms with Crippen LogP contribution in [0, 0.1) is 19.9 Å². The van der Waals surface area contributed by atoms with Crippen molar-refractivity contribution in [3.63, 3.8) is 0 Å². The first kappa shape index (κ1) is 18.3. The Kier molecular flexibility index (Phi) is 5.51. The van der Waals surface area contributed by atoms with E-state index < -0.39 is 0 Å². The van der Waals surface area contributed by atoms with Crippen LogP contribution in [0.1, 0.15) is 11.1 Å². The van der Waals surface area contributed by atoms with E-state index in [0.29, 0.717) is 0 Å². The molecule has 0 atom stereocenters. The molecule has 1 radical (unpaired) electrons. The van der Waals surface area contributed by atoms with Crippen molar-refractivity contribution in [1.82, 2.24) is 9.78 Å². The minimum absolute atomic E-state index is 0. The molecule has 0 aliphatic heterocycles. The average molecular weight is 516 g/mol. The molecule has 0 aliphatic rings. The van der Waals surface area contributed by atoms with Crippen molar-refractivity contribution >= 4 is 0 Å². The summed E-state index contributed by atoms with van der Waals surface area (Å²) in [7, 11) is 0. The third-order valence-corrected chi connectivity index (χ3v) is 4.47. The largest absolute Gasteiger partial charge is 0.264 e. The van der Waals surface area contributed by atoms with Crippen molar-refractivity contribution in [2.75, 3.05) is 0 Å². The zero-order valence-corrected chi connectivity index (χ0v) is 17.1. The van der Waals surface area contributed by atoms with Crippen LogP contribution in [0.25, 0.3) is 28.1 Å². The number of aryl methyl sites for hydroxylation is 2. The van der Waals surface area contributed by atoms with Crippen LogP contribution in [0.5, 0.6) is 0 Å². The molecule has 0 saturated heterocycles. The van der Waals surface area contributed by atoms with E-state index in [4.69, 9.17) is 5.10 Å². The van der Waals surface area contributed by atoms with Crippen LogP contribution in [-0.2, 0) is 20.1 Å². The summed E-state index contributed by atoms with van der Waals surface area (Å²) in [5.41, 5.74) is 7.98. The van der Waals surface area contributed by atoms with Crippen molar-refractivity contribution in [3.8, 4) is 28.1 Å². The van der Waals surface area contributed by atoms with Gasteiger partial charge in [-0.3, -0.25) is 4.68 Å². The minimum Gasteiger partial charge on any atom is -0.264 e. The van der Waals surface area contributed by atoms with Gasteiger partial charge in [-0.15, -0.1) is 5.56 Å². The van der Waals surface area contributed by atoms with E-state index in [-0.39, 0.29) is 20.1 Å². The van der Waals surface area contributed by atoms with Crippen molar-refractivity contribution in [1.29, 1.82) is 0 Å². The van der Waals surface area contributed by atoms with Crippen molar-refractivity contribution in [3.05, 3.63) is 96.2 Å². The van der Waals surface area contributed by atoms with E-state index >= 15 is 0 Å². The molecule has 4 aromatic rings. The minimum atomic E-state index is 0. The van der Waals surface area contributed by atoms with Crippen LogP contribution >= 0.6 is 0 Å². The molecule has 0 unspecified atom stereocenters. The van der Waals surface area contributed by atoms with Gasteiger partial charge >= 0.3 is 0 Å². The zero-order valence-electron chi connectivity index (χ0n) is 14.7. The summed E-state index contributed by atoms with van der Waals surface area (Å²) in [4.78, 5) is 0. The van der Waals surface area contributed by atoms with E-state index in [1.807, 2.05) is 47.3 Å². The normalized spacial score (nSPS) is 10.4. The second-order valence-corrected chi connectivity index (χ2v) is 6.21. The maximum atomic E-state index is 4.78. The molecular formula is C23H19IrN2-. The molecule has 0 spiro atoms. The predicted molar refractivity (Wildman–Crippen MR) is 103 cm³/mol. The Morgan fingerprint density at radius 3 is 2.27 bits per heavy atom. The summed E-state index contributed by atoms with van der Waals surface area (Å²) >= 11 is 0. The monoisotopic (exact) mass is 516 g/mol. The van der Waals surface area contributed by atoms with E-state index in [2.05, 4.69) is 56.3 Å². The second-order valence-electron chi connectivity index (χ2n) is 6.21. The molecule has 4 rings (SSSR count). The van der Waals surface area contributed by atoms with Crippen molar-refractivity contribution in [2.45, 2.75) is 13.8 Å². The molecule has 0 amide bonds. The first-order valence-corrected chi connectivity index (χ1v) is 8.43. The van der Waals surface area contributed by atoms with E-state index in [1.165, 1.54) is 16.7 Å². The molecule has 3 aromatic carbocycles. The second kappa shape index (κ2) is 7.82. The van der Waals surface area contributed by atoms with Gasteiger partial charge in [0.1, 0.15) is 0 Å². The Bertz CT molecular complexity index is 999. The molecule has 0 aliphatic carbocycles. The Labute approximate surface area is 167 Å². The van der Waals surface area contributed by atoms with Crippen LogP contribution in [0.3, 0.4) is 0 Å². The summed E-state index contributed by atoms with van der Waals surface area (Å²) in [6.07, 6.45) is 2.01. The van der Waals surface area contributed by atoms with Crippen molar-refractivity contribution < 1.29 is 20.1 Å². The Balaban J connectivity index is 0.00000196. The maximum Gasteiger partial charge on any atom is 0.0926 e. The van der Waals surface area contributed by atoms with Gasteiger partial charge in [-0.1, -0.05) is 65.2 Å². The van der Waals surface area contributed by atoms with Gasteiger partial charge in [0.2, 0.25) is 0 Å². The number of aromatic nitrogens is 2. The molecule has 1 heterocycles. The first-order valence-electron chi connectivity index (χ1n) is 8.43. The van der Waals surface area contributed by atoms with Crippen molar-refractivity contribution in [2.24, 2.45) is 0 Å². The fraction of sp³-hybridized carbons (Fsp3) is 0.0870. The summed E-state index contributed by atoms with van der Waals surface area (Å²) in [5, 5.41) is 4.78. The van der Waals surface area contributed by atoms with Gasteiger partial charge in [0, 0.05) is 31.9 Å². The first-order chi connectivity index (χ1) is 12.2. The third-order valence-electron chi connectivity index (χ3n) is 4.47. The van der Waals surface area contributed by atoms with Gasteiger partial charge < -0.3 is 0 Å². The third kappa shape index (κ3) is 3.41. The van der Waals surface area contributed by atoms with Gasteiger partial charge in [0.05, 0.1) is 5.69 Å². The molecule has 0 N–H and O–H groups in total. The summed E-state index contributed by atoms with van der Waals surface area (Å²) in [6, 6.07) is 28.2. The molecule has 131 valence electrons. The maximum absolute atomic E-state index is 4.78. The molecule has 0 fully saturated rings. The fourth-order valence-electron chi connectivity index (χ4n) is 3.27. The molecular weight excluding hydrogens is 496 g/mol. The average Bonchev–Trinajstić information content (AvgIpc) is 3.13. The number of benzene rings is 3.